The summed E-state index contributed by atoms with van der Waals surface area (Å²) >= 11 is 0. The van der Waals surface area contributed by atoms with Crippen LogP contribution in [0.15, 0.2) is 42.7 Å². The maximum absolute atomic E-state index is 12.3. The Balaban J connectivity index is 1.60. The first-order valence-electron chi connectivity index (χ1n) is 8.71. The highest BCUT2D eigenvalue weighted by molar-refractivity contribution is 5.94. The van der Waals surface area contributed by atoms with Crippen LogP contribution in [0, 0.1) is 0 Å². The predicted molar refractivity (Wildman–Crippen MR) is 96.6 cm³/mol. The lowest BCUT2D eigenvalue weighted by Gasteiger charge is -2.39. The number of amides is 1. The van der Waals surface area contributed by atoms with E-state index in [0.29, 0.717) is 24.5 Å². The van der Waals surface area contributed by atoms with Crippen molar-refractivity contribution in [3.63, 3.8) is 0 Å². The van der Waals surface area contributed by atoms with Crippen LogP contribution in [0.3, 0.4) is 0 Å². The van der Waals surface area contributed by atoms with Gasteiger partial charge in [0.1, 0.15) is 0 Å². The van der Waals surface area contributed by atoms with Gasteiger partial charge in [-0.05, 0) is 43.0 Å². The number of piperidine rings is 1. The van der Waals surface area contributed by atoms with Gasteiger partial charge in [-0.2, -0.15) is 0 Å². The zero-order chi connectivity index (χ0) is 17.7. The van der Waals surface area contributed by atoms with Crippen molar-refractivity contribution in [3.05, 3.63) is 53.9 Å². The average molecular weight is 340 g/mol. The van der Waals surface area contributed by atoms with E-state index in [1.54, 1.807) is 18.5 Å². The number of anilines is 1. The molecular weight excluding hydrogens is 316 g/mol. The van der Waals surface area contributed by atoms with Crippen molar-refractivity contribution in [2.75, 3.05) is 24.5 Å². The van der Waals surface area contributed by atoms with E-state index in [9.17, 15) is 9.90 Å². The number of carbonyl (C=O) groups excluding carboxylic acids is 1. The van der Waals surface area contributed by atoms with Gasteiger partial charge in [0.05, 0.1) is 12.1 Å². The number of aromatic nitrogens is 2. The second-order valence-corrected chi connectivity index (χ2v) is 6.53. The fourth-order valence-corrected chi connectivity index (χ4v) is 3.12. The molecule has 1 aliphatic rings. The van der Waals surface area contributed by atoms with E-state index in [1.807, 2.05) is 29.2 Å². The summed E-state index contributed by atoms with van der Waals surface area (Å²) in [6.07, 6.45) is 5.80. The van der Waals surface area contributed by atoms with Gasteiger partial charge in [-0.25, -0.2) is 9.97 Å². The molecule has 132 valence electrons. The van der Waals surface area contributed by atoms with Crippen LogP contribution < -0.4 is 10.2 Å². The molecular formula is C19H24N4O2. The van der Waals surface area contributed by atoms with Gasteiger partial charge in [0.15, 0.2) is 0 Å². The molecule has 1 aliphatic heterocycles. The highest BCUT2D eigenvalue weighted by atomic mass is 16.3. The van der Waals surface area contributed by atoms with E-state index in [-0.39, 0.29) is 12.5 Å². The fourth-order valence-electron chi connectivity index (χ4n) is 3.12. The third-order valence-corrected chi connectivity index (χ3v) is 4.59. The normalized spacial score (nSPS) is 20.3. The first-order valence-corrected chi connectivity index (χ1v) is 8.71. The van der Waals surface area contributed by atoms with Gasteiger partial charge in [0.2, 0.25) is 5.95 Å². The number of aliphatic hydroxyl groups is 1. The van der Waals surface area contributed by atoms with Crippen molar-refractivity contribution in [3.8, 4) is 0 Å². The van der Waals surface area contributed by atoms with Crippen LogP contribution in [0.25, 0.3) is 0 Å². The molecule has 1 saturated heterocycles. The molecule has 0 bridgehead atoms. The lowest BCUT2D eigenvalue weighted by atomic mass is 9.93. The summed E-state index contributed by atoms with van der Waals surface area (Å²) in [6.45, 7) is 3.51. The number of carbonyl (C=O) groups is 1. The Morgan fingerprint density at radius 1 is 1.28 bits per heavy atom. The number of aryl methyl sites for hydroxylation is 1. The highest BCUT2D eigenvalue weighted by Crippen LogP contribution is 2.23. The van der Waals surface area contributed by atoms with Crippen molar-refractivity contribution < 1.29 is 9.90 Å². The van der Waals surface area contributed by atoms with Crippen LogP contribution in [0.1, 0.15) is 35.7 Å². The first kappa shape index (κ1) is 17.4. The summed E-state index contributed by atoms with van der Waals surface area (Å²) in [6, 6.07) is 9.33. The molecule has 1 aromatic carbocycles. The summed E-state index contributed by atoms with van der Waals surface area (Å²) in [7, 11) is 0. The van der Waals surface area contributed by atoms with Crippen LogP contribution in [-0.4, -0.2) is 46.2 Å². The van der Waals surface area contributed by atoms with Crippen LogP contribution >= 0.6 is 0 Å². The number of rotatable bonds is 5. The molecule has 1 atom stereocenters. The Kier molecular flexibility index (Phi) is 5.28. The lowest BCUT2D eigenvalue weighted by molar-refractivity contribution is 0.0252. The molecule has 25 heavy (non-hydrogen) atoms. The van der Waals surface area contributed by atoms with Crippen molar-refractivity contribution >= 4 is 11.9 Å². The Bertz CT molecular complexity index is 705. The Morgan fingerprint density at radius 3 is 2.68 bits per heavy atom. The molecule has 2 aromatic rings. The Labute approximate surface area is 147 Å². The Morgan fingerprint density at radius 2 is 2.00 bits per heavy atom. The molecule has 1 aromatic heterocycles. The minimum absolute atomic E-state index is 0.163. The standard InChI is InChI=1S/C19H24N4O2/c1-2-15-5-7-16(8-6-15)17(24)22-13-19(25)9-3-12-23(14-19)18-20-10-4-11-21-18/h4-8,10-11,25H,2-3,9,12-14H2,1H3,(H,22,24)/t19-/m0/s1. The van der Waals surface area contributed by atoms with E-state index < -0.39 is 5.60 Å². The Hall–Kier alpha value is -2.47. The van der Waals surface area contributed by atoms with E-state index in [4.69, 9.17) is 0 Å². The minimum atomic E-state index is -0.976. The largest absolute Gasteiger partial charge is 0.386 e. The van der Waals surface area contributed by atoms with Crippen LogP contribution in [-0.2, 0) is 6.42 Å². The van der Waals surface area contributed by atoms with Gasteiger partial charge >= 0.3 is 0 Å². The van der Waals surface area contributed by atoms with Gasteiger partial charge < -0.3 is 15.3 Å². The summed E-state index contributed by atoms with van der Waals surface area (Å²) in [5.74, 6) is 0.450. The number of hydrogen-bond acceptors (Lipinski definition) is 5. The summed E-state index contributed by atoms with van der Waals surface area (Å²) in [5.41, 5.74) is 0.831. The molecule has 6 nitrogen and oxygen atoms in total. The highest BCUT2D eigenvalue weighted by Gasteiger charge is 2.34. The monoisotopic (exact) mass is 340 g/mol. The molecule has 3 rings (SSSR count). The molecule has 0 spiro atoms. The van der Waals surface area contributed by atoms with E-state index in [2.05, 4.69) is 22.2 Å². The fraction of sp³-hybridized carbons (Fsp3) is 0.421. The van der Waals surface area contributed by atoms with Crippen molar-refractivity contribution in [1.29, 1.82) is 0 Å². The van der Waals surface area contributed by atoms with Crippen LogP contribution in [0.5, 0.6) is 0 Å². The molecule has 2 heterocycles. The van der Waals surface area contributed by atoms with Gasteiger partial charge in [0, 0.05) is 31.0 Å². The molecule has 0 unspecified atom stereocenters. The molecule has 0 aliphatic carbocycles. The van der Waals surface area contributed by atoms with E-state index in [0.717, 1.165) is 19.4 Å². The lowest BCUT2D eigenvalue weighted by Crippen LogP contribution is -2.54. The second kappa shape index (κ2) is 7.61. The molecule has 1 fully saturated rings. The van der Waals surface area contributed by atoms with Crippen molar-refractivity contribution in [1.82, 2.24) is 15.3 Å². The number of hydrogen-bond donors (Lipinski definition) is 2. The molecule has 1 amide bonds. The van der Waals surface area contributed by atoms with Gasteiger partial charge in [-0.1, -0.05) is 19.1 Å². The topological polar surface area (TPSA) is 78.4 Å². The smallest absolute Gasteiger partial charge is 0.251 e. The maximum atomic E-state index is 12.3. The van der Waals surface area contributed by atoms with Gasteiger partial charge in [-0.3, -0.25) is 4.79 Å². The minimum Gasteiger partial charge on any atom is -0.386 e. The predicted octanol–water partition coefficient (Wildman–Crippen LogP) is 1.80. The third-order valence-electron chi connectivity index (χ3n) is 4.59. The van der Waals surface area contributed by atoms with Crippen molar-refractivity contribution in [2.45, 2.75) is 31.8 Å². The van der Waals surface area contributed by atoms with Gasteiger partial charge in [0.25, 0.3) is 5.91 Å². The van der Waals surface area contributed by atoms with Crippen LogP contribution in [0.4, 0.5) is 5.95 Å². The van der Waals surface area contributed by atoms with E-state index in [1.165, 1.54) is 5.56 Å². The second-order valence-electron chi connectivity index (χ2n) is 6.53. The maximum Gasteiger partial charge on any atom is 0.251 e. The first-order chi connectivity index (χ1) is 12.1. The zero-order valence-corrected chi connectivity index (χ0v) is 14.5. The number of β-amino-alcohol motifs (C(OH)–C–C–N with tert-alkyl or cyclic N) is 1. The summed E-state index contributed by atoms with van der Waals surface area (Å²) < 4.78 is 0. The summed E-state index contributed by atoms with van der Waals surface area (Å²) in [4.78, 5) is 22.8. The SMILES string of the molecule is CCc1ccc(C(=O)NC[C@@]2(O)CCCN(c3ncccn3)C2)cc1. The zero-order valence-electron chi connectivity index (χ0n) is 14.5. The van der Waals surface area contributed by atoms with Gasteiger partial charge in [-0.15, -0.1) is 0 Å². The number of nitrogens with zero attached hydrogens (tertiary/aromatic N) is 3. The number of nitrogens with one attached hydrogen (secondary N) is 1. The van der Waals surface area contributed by atoms with Crippen molar-refractivity contribution in [2.24, 2.45) is 0 Å². The third kappa shape index (κ3) is 4.33. The number of benzene rings is 1. The summed E-state index contributed by atoms with van der Waals surface area (Å²) in [5, 5.41) is 13.7. The quantitative estimate of drug-likeness (QED) is 0.868. The molecule has 6 heteroatoms. The molecule has 0 saturated carbocycles. The molecule has 0 radical (unpaired) electrons. The average Bonchev–Trinajstić information content (AvgIpc) is 2.67. The van der Waals surface area contributed by atoms with E-state index >= 15 is 0 Å². The van der Waals surface area contributed by atoms with Crippen LogP contribution in [0.2, 0.25) is 0 Å². The molecule has 2 N–H and O–H groups in total.